The molecule has 2 aromatic rings. The number of rotatable bonds is 7. The topological polar surface area (TPSA) is 49.9 Å². The standard InChI is InChI=1S/C14H17F2N3O/c1-10(17-6-5-13-18-7-8-19-13)11-3-2-4-12(9-11)20-14(15)16/h2-4,7-10,14,17H,5-6H2,1H3,(H,18,19). The Kier molecular flexibility index (Phi) is 5.06. The molecule has 1 heterocycles. The fraction of sp³-hybridized carbons (Fsp3) is 0.357. The first kappa shape index (κ1) is 14.5. The molecule has 4 nitrogen and oxygen atoms in total. The van der Waals surface area contributed by atoms with Crippen LogP contribution in [0.15, 0.2) is 36.7 Å². The quantitative estimate of drug-likeness (QED) is 0.820. The fourth-order valence-corrected chi connectivity index (χ4v) is 1.92. The molecule has 2 N–H and O–H groups in total. The molecule has 0 aliphatic carbocycles. The summed E-state index contributed by atoms with van der Waals surface area (Å²) in [6.07, 6.45) is 4.28. The van der Waals surface area contributed by atoms with Gasteiger partial charge in [0.2, 0.25) is 0 Å². The summed E-state index contributed by atoms with van der Waals surface area (Å²) in [7, 11) is 0. The molecule has 0 amide bonds. The van der Waals surface area contributed by atoms with Gasteiger partial charge < -0.3 is 15.0 Å². The highest BCUT2D eigenvalue weighted by Gasteiger charge is 2.08. The number of nitrogens with one attached hydrogen (secondary N) is 2. The van der Waals surface area contributed by atoms with E-state index in [9.17, 15) is 8.78 Å². The molecule has 0 saturated heterocycles. The molecule has 1 unspecified atom stereocenters. The van der Waals surface area contributed by atoms with Crippen molar-refractivity contribution < 1.29 is 13.5 Å². The lowest BCUT2D eigenvalue weighted by Crippen LogP contribution is -2.21. The van der Waals surface area contributed by atoms with Crippen molar-refractivity contribution in [3.8, 4) is 5.75 Å². The van der Waals surface area contributed by atoms with Crippen LogP contribution in [-0.4, -0.2) is 23.1 Å². The van der Waals surface area contributed by atoms with Gasteiger partial charge in [-0.2, -0.15) is 8.78 Å². The number of hydrogen-bond donors (Lipinski definition) is 2. The molecule has 0 aliphatic rings. The number of ether oxygens (including phenoxy) is 1. The van der Waals surface area contributed by atoms with Crippen molar-refractivity contribution in [1.29, 1.82) is 0 Å². The summed E-state index contributed by atoms with van der Waals surface area (Å²) in [5, 5.41) is 3.31. The van der Waals surface area contributed by atoms with Gasteiger partial charge in [-0.15, -0.1) is 0 Å². The smallest absolute Gasteiger partial charge is 0.387 e. The third-order valence-corrected chi connectivity index (χ3v) is 2.95. The van der Waals surface area contributed by atoms with E-state index in [0.717, 1.165) is 24.4 Å². The maximum Gasteiger partial charge on any atom is 0.387 e. The minimum Gasteiger partial charge on any atom is -0.435 e. The van der Waals surface area contributed by atoms with E-state index in [0.29, 0.717) is 0 Å². The molecule has 0 saturated carbocycles. The number of aromatic nitrogens is 2. The van der Waals surface area contributed by atoms with Crippen LogP contribution >= 0.6 is 0 Å². The summed E-state index contributed by atoms with van der Waals surface area (Å²) in [5.41, 5.74) is 0.905. The zero-order valence-electron chi connectivity index (χ0n) is 11.1. The predicted octanol–water partition coefficient (Wildman–Crippen LogP) is 2.90. The van der Waals surface area contributed by atoms with E-state index in [1.807, 2.05) is 13.0 Å². The first-order valence-electron chi connectivity index (χ1n) is 6.41. The van der Waals surface area contributed by atoms with Crippen LogP contribution in [0.5, 0.6) is 5.75 Å². The lowest BCUT2D eigenvalue weighted by molar-refractivity contribution is -0.0499. The highest BCUT2D eigenvalue weighted by Crippen LogP contribution is 2.20. The molecule has 1 atom stereocenters. The second kappa shape index (κ2) is 7.00. The molecule has 108 valence electrons. The molecule has 1 aromatic carbocycles. The maximum absolute atomic E-state index is 12.2. The van der Waals surface area contributed by atoms with Gasteiger partial charge in [-0.1, -0.05) is 12.1 Å². The minimum atomic E-state index is -2.80. The number of nitrogens with zero attached hydrogens (tertiary/aromatic N) is 1. The molecular formula is C14H17F2N3O. The lowest BCUT2D eigenvalue weighted by Gasteiger charge is -2.15. The number of hydrogen-bond acceptors (Lipinski definition) is 3. The predicted molar refractivity (Wildman–Crippen MR) is 71.8 cm³/mol. The van der Waals surface area contributed by atoms with Crippen LogP contribution in [-0.2, 0) is 6.42 Å². The Morgan fingerprint density at radius 2 is 2.25 bits per heavy atom. The second-order valence-electron chi connectivity index (χ2n) is 4.41. The van der Waals surface area contributed by atoms with Crippen molar-refractivity contribution in [3.05, 3.63) is 48.0 Å². The zero-order chi connectivity index (χ0) is 14.4. The number of alkyl halides is 2. The van der Waals surface area contributed by atoms with E-state index in [-0.39, 0.29) is 11.8 Å². The van der Waals surface area contributed by atoms with Crippen molar-refractivity contribution in [2.45, 2.75) is 26.0 Å². The van der Waals surface area contributed by atoms with Crippen molar-refractivity contribution in [2.75, 3.05) is 6.54 Å². The molecule has 20 heavy (non-hydrogen) atoms. The maximum atomic E-state index is 12.2. The largest absolute Gasteiger partial charge is 0.435 e. The van der Waals surface area contributed by atoms with Crippen LogP contribution in [0, 0.1) is 0 Å². The third-order valence-electron chi connectivity index (χ3n) is 2.95. The second-order valence-corrected chi connectivity index (χ2v) is 4.41. The summed E-state index contributed by atoms with van der Waals surface area (Å²) in [4.78, 5) is 7.16. The molecular weight excluding hydrogens is 264 g/mol. The Balaban J connectivity index is 1.86. The summed E-state index contributed by atoms with van der Waals surface area (Å²) in [6, 6.07) is 6.77. The highest BCUT2D eigenvalue weighted by atomic mass is 19.3. The molecule has 6 heteroatoms. The number of imidazole rings is 1. The van der Waals surface area contributed by atoms with E-state index in [1.54, 1.807) is 24.5 Å². The molecule has 0 radical (unpaired) electrons. The summed E-state index contributed by atoms with van der Waals surface area (Å²) >= 11 is 0. The van der Waals surface area contributed by atoms with Gasteiger partial charge >= 0.3 is 6.61 Å². The van der Waals surface area contributed by atoms with Crippen LogP contribution in [0.2, 0.25) is 0 Å². The number of aromatic amines is 1. The number of benzene rings is 1. The van der Waals surface area contributed by atoms with Gasteiger partial charge in [-0.25, -0.2) is 4.98 Å². The SMILES string of the molecule is CC(NCCc1ncc[nH]1)c1cccc(OC(F)F)c1. The van der Waals surface area contributed by atoms with Crippen molar-refractivity contribution >= 4 is 0 Å². The Bertz CT molecular complexity index is 517. The van der Waals surface area contributed by atoms with Crippen LogP contribution in [0.3, 0.4) is 0 Å². The molecule has 0 fully saturated rings. The Morgan fingerprint density at radius 1 is 1.40 bits per heavy atom. The van der Waals surface area contributed by atoms with Crippen LogP contribution in [0.4, 0.5) is 8.78 Å². The van der Waals surface area contributed by atoms with Gasteiger partial charge in [-0.05, 0) is 24.6 Å². The first-order valence-corrected chi connectivity index (χ1v) is 6.41. The molecule has 0 aliphatic heterocycles. The summed E-state index contributed by atoms with van der Waals surface area (Å²) < 4.78 is 28.7. The van der Waals surface area contributed by atoms with Crippen molar-refractivity contribution in [1.82, 2.24) is 15.3 Å². The Hall–Kier alpha value is -1.95. The monoisotopic (exact) mass is 281 g/mol. The van der Waals surface area contributed by atoms with Gasteiger partial charge in [0.1, 0.15) is 11.6 Å². The molecule has 1 aromatic heterocycles. The van der Waals surface area contributed by atoms with E-state index in [1.165, 1.54) is 6.07 Å². The average molecular weight is 281 g/mol. The van der Waals surface area contributed by atoms with E-state index in [2.05, 4.69) is 20.0 Å². The van der Waals surface area contributed by atoms with E-state index in [4.69, 9.17) is 0 Å². The zero-order valence-corrected chi connectivity index (χ0v) is 11.1. The number of H-pyrrole nitrogens is 1. The molecule has 0 spiro atoms. The average Bonchev–Trinajstić information content (AvgIpc) is 2.91. The molecule has 0 bridgehead atoms. The lowest BCUT2D eigenvalue weighted by atomic mass is 10.1. The van der Waals surface area contributed by atoms with Crippen molar-refractivity contribution in [3.63, 3.8) is 0 Å². The normalized spacial score (nSPS) is 12.6. The highest BCUT2D eigenvalue weighted by molar-refractivity contribution is 5.30. The number of halogens is 2. The summed E-state index contributed by atoms with van der Waals surface area (Å²) in [5.74, 6) is 1.09. The van der Waals surface area contributed by atoms with Gasteiger partial charge in [0.15, 0.2) is 0 Å². The van der Waals surface area contributed by atoms with Gasteiger partial charge in [0.25, 0.3) is 0 Å². The van der Waals surface area contributed by atoms with Gasteiger partial charge in [-0.3, -0.25) is 0 Å². The third kappa shape index (κ3) is 4.31. The van der Waals surface area contributed by atoms with Gasteiger partial charge in [0, 0.05) is 31.4 Å². The van der Waals surface area contributed by atoms with E-state index < -0.39 is 6.61 Å². The van der Waals surface area contributed by atoms with Crippen LogP contribution < -0.4 is 10.1 Å². The van der Waals surface area contributed by atoms with Crippen LogP contribution in [0.1, 0.15) is 24.4 Å². The minimum absolute atomic E-state index is 0.0474. The first-order chi connectivity index (χ1) is 9.65. The van der Waals surface area contributed by atoms with Crippen molar-refractivity contribution in [2.24, 2.45) is 0 Å². The Morgan fingerprint density at radius 3 is 2.95 bits per heavy atom. The fourth-order valence-electron chi connectivity index (χ4n) is 1.92. The van der Waals surface area contributed by atoms with Crippen LogP contribution in [0.25, 0.3) is 0 Å². The Labute approximate surface area is 116 Å². The van der Waals surface area contributed by atoms with Gasteiger partial charge in [0.05, 0.1) is 0 Å². The molecule has 2 rings (SSSR count). The van der Waals surface area contributed by atoms with E-state index >= 15 is 0 Å². The summed E-state index contributed by atoms with van der Waals surface area (Å²) in [6.45, 7) is -0.0782.